The molecule has 0 heterocycles. The minimum Gasteiger partial charge on any atom is -0.496 e. The molecule has 2 aromatic carbocycles. The van der Waals surface area contributed by atoms with Crippen LogP contribution in [-0.4, -0.2) is 14.2 Å². The summed E-state index contributed by atoms with van der Waals surface area (Å²) in [5.41, 5.74) is 10.7. The summed E-state index contributed by atoms with van der Waals surface area (Å²) in [6.45, 7) is 4.14. The van der Waals surface area contributed by atoms with Gasteiger partial charge in [-0.2, -0.15) is 0 Å². The summed E-state index contributed by atoms with van der Waals surface area (Å²) >= 11 is 0. The van der Waals surface area contributed by atoms with Crippen molar-refractivity contribution in [2.45, 2.75) is 26.3 Å². The molecule has 1 atom stereocenters. The van der Waals surface area contributed by atoms with Gasteiger partial charge in [0.25, 0.3) is 0 Å². The number of anilines is 2. The number of nitrogens with zero attached hydrogens (tertiary/aromatic N) is 1. The van der Waals surface area contributed by atoms with E-state index in [4.69, 9.17) is 10.5 Å². The van der Waals surface area contributed by atoms with Crippen LogP contribution in [0, 0.1) is 0 Å². The van der Waals surface area contributed by atoms with Gasteiger partial charge in [0.2, 0.25) is 0 Å². The van der Waals surface area contributed by atoms with Crippen molar-refractivity contribution in [2.75, 3.05) is 19.1 Å². The number of nitrogens with two attached hydrogens (primary N) is 1. The lowest BCUT2D eigenvalue weighted by molar-refractivity contribution is 0.407. The Morgan fingerprint density at radius 3 is 2.33 bits per heavy atom. The quantitative estimate of drug-likeness (QED) is 0.900. The average Bonchev–Trinajstić information content (AvgIpc) is 2.53. The Balaban J connectivity index is 2.44. The van der Waals surface area contributed by atoms with Gasteiger partial charge in [-0.15, -0.1) is 0 Å². The van der Waals surface area contributed by atoms with E-state index < -0.39 is 0 Å². The van der Waals surface area contributed by atoms with E-state index in [-0.39, 0.29) is 6.04 Å². The SMILES string of the molecule is CCc1ccc(N(C)c2cccc(OC)c2C(C)N)cc1. The molecule has 1 unspecified atom stereocenters. The molecule has 0 aromatic heterocycles. The fourth-order valence-electron chi connectivity index (χ4n) is 2.55. The Bertz CT molecular complexity index is 591. The van der Waals surface area contributed by atoms with Gasteiger partial charge in [0.15, 0.2) is 0 Å². The van der Waals surface area contributed by atoms with Gasteiger partial charge in [0, 0.05) is 30.0 Å². The number of aryl methyl sites for hydroxylation is 1. The molecule has 0 fully saturated rings. The van der Waals surface area contributed by atoms with Crippen molar-refractivity contribution in [3.8, 4) is 5.75 Å². The summed E-state index contributed by atoms with van der Waals surface area (Å²) in [7, 11) is 3.74. The zero-order valence-electron chi connectivity index (χ0n) is 13.3. The smallest absolute Gasteiger partial charge is 0.125 e. The molecule has 2 rings (SSSR count). The van der Waals surface area contributed by atoms with Gasteiger partial charge < -0.3 is 15.4 Å². The molecule has 0 aliphatic carbocycles. The topological polar surface area (TPSA) is 38.5 Å². The van der Waals surface area contributed by atoms with Gasteiger partial charge in [0.05, 0.1) is 7.11 Å². The van der Waals surface area contributed by atoms with E-state index in [2.05, 4.69) is 49.2 Å². The van der Waals surface area contributed by atoms with Gasteiger partial charge in [-0.1, -0.05) is 25.1 Å². The average molecular weight is 284 g/mol. The normalized spacial score (nSPS) is 12.0. The Morgan fingerprint density at radius 1 is 1.14 bits per heavy atom. The molecule has 3 heteroatoms. The van der Waals surface area contributed by atoms with E-state index in [1.165, 1.54) is 5.56 Å². The number of hydrogen-bond acceptors (Lipinski definition) is 3. The summed E-state index contributed by atoms with van der Waals surface area (Å²) in [6.07, 6.45) is 1.05. The highest BCUT2D eigenvalue weighted by Gasteiger charge is 2.16. The predicted molar refractivity (Wildman–Crippen MR) is 89.5 cm³/mol. The van der Waals surface area contributed by atoms with Crippen LogP contribution in [0.3, 0.4) is 0 Å². The van der Waals surface area contributed by atoms with Crippen molar-refractivity contribution in [1.29, 1.82) is 0 Å². The van der Waals surface area contributed by atoms with Gasteiger partial charge in [-0.25, -0.2) is 0 Å². The van der Waals surface area contributed by atoms with Crippen molar-refractivity contribution in [2.24, 2.45) is 5.73 Å². The molecule has 0 aliphatic rings. The Labute approximate surface area is 127 Å². The molecule has 2 aromatic rings. The van der Waals surface area contributed by atoms with Crippen molar-refractivity contribution in [1.82, 2.24) is 0 Å². The van der Waals surface area contributed by atoms with Crippen LogP contribution in [0.5, 0.6) is 5.75 Å². The maximum absolute atomic E-state index is 6.15. The van der Waals surface area contributed by atoms with Crippen LogP contribution in [0.4, 0.5) is 11.4 Å². The fraction of sp³-hybridized carbons (Fsp3) is 0.333. The highest BCUT2D eigenvalue weighted by molar-refractivity contribution is 5.69. The molecule has 0 bridgehead atoms. The monoisotopic (exact) mass is 284 g/mol. The molecule has 21 heavy (non-hydrogen) atoms. The number of ether oxygens (including phenoxy) is 1. The summed E-state index contributed by atoms with van der Waals surface area (Å²) in [5, 5.41) is 0. The molecular weight excluding hydrogens is 260 g/mol. The third-order valence-corrected chi connectivity index (χ3v) is 3.81. The van der Waals surface area contributed by atoms with E-state index in [9.17, 15) is 0 Å². The predicted octanol–water partition coefficient (Wildman–Crippen LogP) is 4.05. The maximum Gasteiger partial charge on any atom is 0.125 e. The first-order valence-electron chi connectivity index (χ1n) is 7.33. The van der Waals surface area contributed by atoms with Crippen LogP contribution in [0.25, 0.3) is 0 Å². The molecule has 3 nitrogen and oxygen atoms in total. The fourth-order valence-corrected chi connectivity index (χ4v) is 2.55. The summed E-state index contributed by atoms with van der Waals surface area (Å²) < 4.78 is 5.46. The number of rotatable bonds is 5. The Kier molecular flexibility index (Phi) is 4.86. The van der Waals surface area contributed by atoms with E-state index in [0.29, 0.717) is 0 Å². The van der Waals surface area contributed by atoms with E-state index in [0.717, 1.165) is 29.1 Å². The molecule has 0 spiro atoms. The van der Waals surface area contributed by atoms with Gasteiger partial charge in [-0.3, -0.25) is 0 Å². The van der Waals surface area contributed by atoms with Gasteiger partial charge >= 0.3 is 0 Å². The minimum absolute atomic E-state index is 0.0893. The molecule has 0 radical (unpaired) electrons. The third kappa shape index (κ3) is 3.19. The zero-order valence-corrected chi connectivity index (χ0v) is 13.3. The first kappa shape index (κ1) is 15.4. The van der Waals surface area contributed by atoms with Gasteiger partial charge in [-0.05, 0) is 43.2 Å². The standard InChI is InChI=1S/C18H24N2O/c1-5-14-9-11-15(12-10-14)20(3)16-7-6-8-17(21-4)18(16)13(2)19/h6-13H,5,19H2,1-4H3. The summed E-state index contributed by atoms with van der Waals surface area (Å²) in [5.74, 6) is 0.833. The van der Waals surface area contributed by atoms with Crippen LogP contribution in [0.15, 0.2) is 42.5 Å². The van der Waals surface area contributed by atoms with E-state index >= 15 is 0 Å². The highest BCUT2D eigenvalue weighted by atomic mass is 16.5. The van der Waals surface area contributed by atoms with E-state index in [1.54, 1.807) is 7.11 Å². The van der Waals surface area contributed by atoms with Crippen LogP contribution >= 0.6 is 0 Å². The minimum atomic E-state index is -0.0893. The largest absolute Gasteiger partial charge is 0.496 e. The highest BCUT2D eigenvalue weighted by Crippen LogP contribution is 2.36. The van der Waals surface area contributed by atoms with Crippen molar-refractivity contribution >= 4 is 11.4 Å². The lowest BCUT2D eigenvalue weighted by Crippen LogP contribution is -2.16. The number of hydrogen-bond donors (Lipinski definition) is 1. The summed E-state index contributed by atoms with van der Waals surface area (Å²) in [4.78, 5) is 2.15. The lowest BCUT2D eigenvalue weighted by Gasteiger charge is -2.25. The van der Waals surface area contributed by atoms with Crippen LogP contribution in [-0.2, 0) is 6.42 Å². The van der Waals surface area contributed by atoms with Crippen molar-refractivity contribution in [3.05, 3.63) is 53.6 Å². The molecule has 112 valence electrons. The first-order chi connectivity index (χ1) is 10.1. The van der Waals surface area contributed by atoms with Gasteiger partial charge in [0.1, 0.15) is 5.75 Å². The Hall–Kier alpha value is -2.00. The third-order valence-electron chi connectivity index (χ3n) is 3.81. The Morgan fingerprint density at radius 2 is 1.81 bits per heavy atom. The lowest BCUT2D eigenvalue weighted by atomic mass is 10.0. The maximum atomic E-state index is 6.15. The van der Waals surface area contributed by atoms with E-state index in [1.807, 2.05) is 19.1 Å². The molecule has 0 saturated heterocycles. The van der Waals surface area contributed by atoms with Crippen molar-refractivity contribution < 1.29 is 4.74 Å². The van der Waals surface area contributed by atoms with Crippen molar-refractivity contribution in [3.63, 3.8) is 0 Å². The van der Waals surface area contributed by atoms with Crippen LogP contribution in [0.1, 0.15) is 31.0 Å². The first-order valence-corrected chi connectivity index (χ1v) is 7.33. The second-order valence-corrected chi connectivity index (χ2v) is 5.26. The summed E-state index contributed by atoms with van der Waals surface area (Å²) in [6, 6.07) is 14.6. The molecule has 0 saturated carbocycles. The molecule has 0 aliphatic heterocycles. The van der Waals surface area contributed by atoms with Crippen LogP contribution < -0.4 is 15.4 Å². The van der Waals surface area contributed by atoms with Crippen LogP contribution in [0.2, 0.25) is 0 Å². The molecule has 2 N–H and O–H groups in total. The second kappa shape index (κ2) is 6.64. The molecule has 0 amide bonds. The second-order valence-electron chi connectivity index (χ2n) is 5.26. The zero-order chi connectivity index (χ0) is 15.4. The number of methoxy groups -OCH3 is 1. The molecular formula is C18H24N2O. The number of benzene rings is 2.